The van der Waals surface area contributed by atoms with Gasteiger partial charge < -0.3 is 9.47 Å². The third kappa shape index (κ3) is 4.97. The predicted molar refractivity (Wildman–Crippen MR) is 99.9 cm³/mol. The summed E-state index contributed by atoms with van der Waals surface area (Å²) in [7, 11) is 1.55. The van der Waals surface area contributed by atoms with Gasteiger partial charge in [0.25, 0.3) is 5.91 Å². The maximum atomic E-state index is 11.9. The first-order chi connectivity index (χ1) is 11.9. The van der Waals surface area contributed by atoms with E-state index < -0.39 is 0 Å². The van der Waals surface area contributed by atoms with Crippen LogP contribution in [0.5, 0.6) is 11.5 Å². The van der Waals surface area contributed by atoms with Gasteiger partial charge in [-0.15, -0.1) is 0 Å². The molecule has 0 saturated heterocycles. The third-order valence-corrected chi connectivity index (χ3v) is 4.10. The normalized spacial score (nSPS) is 10.8. The molecule has 0 bridgehead atoms. The molecule has 0 atom stereocenters. The van der Waals surface area contributed by atoms with Crippen LogP contribution in [-0.2, 0) is 4.79 Å². The minimum absolute atomic E-state index is 0.105. The third-order valence-electron chi connectivity index (χ3n) is 3.80. The largest absolute Gasteiger partial charge is 0.495 e. The van der Waals surface area contributed by atoms with Crippen molar-refractivity contribution in [3.8, 4) is 11.5 Å². The number of carbonyl (C=O) groups excluding carboxylic acids is 1. The van der Waals surface area contributed by atoms with Crippen molar-refractivity contribution in [1.29, 1.82) is 0 Å². The molecule has 6 heteroatoms. The van der Waals surface area contributed by atoms with E-state index in [-0.39, 0.29) is 12.5 Å². The van der Waals surface area contributed by atoms with E-state index in [1.165, 1.54) is 6.21 Å². The monoisotopic (exact) mass is 360 g/mol. The molecule has 0 aliphatic carbocycles. The van der Waals surface area contributed by atoms with Crippen molar-refractivity contribution in [2.45, 2.75) is 20.8 Å². The summed E-state index contributed by atoms with van der Waals surface area (Å²) in [6, 6.07) is 9.23. The van der Waals surface area contributed by atoms with Gasteiger partial charge in [0.05, 0.1) is 18.3 Å². The predicted octanol–water partition coefficient (Wildman–Crippen LogP) is 3.80. The van der Waals surface area contributed by atoms with E-state index in [4.69, 9.17) is 21.1 Å². The summed E-state index contributed by atoms with van der Waals surface area (Å²) in [5.41, 5.74) is 6.33. The minimum Gasteiger partial charge on any atom is -0.495 e. The number of benzene rings is 2. The Morgan fingerprint density at radius 3 is 2.60 bits per heavy atom. The highest BCUT2D eigenvalue weighted by Crippen LogP contribution is 2.25. The lowest BCUT2D eigenvalue weighted by atomic mass is 10.1. The van der Waals surface area contributed by atoms with Gasteiger partial charge in [-0.25, -0.2) is 5.43 Å². The van der Waals surface area contributed by atoms with Crippen LogP contribution in [0.3, 0.4) is 0 Å². The number of amides is 1. The van der Waals surface area contributed by atoms with E-state index in [9.17, 15) is 4.79 Å². The van der Waals surface area contributed by atoms with Crippen LogP contribution in [0.2, 0.25) is 5.02 Å². The fourth-order valence-corrected chi connectivity index (χ4v) is 2.53. The summed E-state index contributed by atoms with van der Waals surface area (Å²) in [5.74, 6) is 0.984. The zero-order chi connectivity index (χ0) is 18.4. The summed E-state index contributed by atoms with van der Waals surface area (Å²) >= 11 is 6.04. The van der Waals surface area contributed by atoms with Crippen LogP contribution in [0.25, 0.3) is 0 Å². The van der Waals surface area contributed by atoms with Crippen LogP contribution < -0.4 is 14.9 Å². The molecule has 132 valence electrons. The molecule has 1 amide bonds. The van der Waals surface area contributed by atoms with Gasteiger partial charge in [-0.3, -0.25) is 4.79 Å². The Kier molecular flexibility index (Phi) is 6.42. The Morgan fingerprint density at radius 1 is 1.20 bits per heavy atom. The standard InChI is InChI=1S/C19H21ClN2O3/c1-12-5-6-13(2)19(14(12)3)25-11-18(23)22-21-10-15-7-8-17(24-4)16(20)9-15/h5-10H,11H2,1-4H3,(H,22,23)/b21-10+. The second kappa shape index (κ2) is 8.53. The Bertz CT molecular complexity index is 803. The second-order valence-electron chi connectivity index (χ2n) is 5.63. The van der Waals surface area contributed by atoms with E-state index in [0.717, 1.165) is 28.0 Å². The van der Waals surface area contributed by atoms with Crippen LogP contribution in [0.15, 0.2) is 35.4 Å². The molecular weight excluding hydrogens is 340 g/mol. The number of hydrazone groups is 1. The van der Waals surface area contributed by atoms with Crippen molar-refractivity contribution >= 4 is 23.7 Å². The molecule has 0 aliphatic heterocycles. The number of hydrogen-bond donors (Lipinski definition) is 1. The molecule has 0 aliphatic rings. The lowest BCUT2D eigenvalue weighted by Gasteiger charge is -2.13. The van der Waals surface area contributed by atoms with Crippen molar-refractivity contribution in [1.82, 2.24) is 5.43 Å². The molecule has 2 aromatic carbocycles. The molecule has 25 heavy (non-hydrogen) atoms. The van der Waals surface area contributed by atoms with E-state index in [1.54, 1.807) is 25.3 Å². The molecule has 5 nitrogen and oxygen atoms in total. The Morgan fingerprint density at radius 2 is 1.92 bits per heavy atom. The van der Waals surface area contributed by atoms with Crippen LogP contribution in [0.1, 0.15) is 22.3 Å². The fourth-order valence-electron chi connectivity index (χ4n) is 2.26. The average Bonchev–Trinajstić information content (AvgIpc) is 2.58. The Hall–Kier alpha value is -2.53. The number of nitrogens with zero attached hydrogens (tertiary/aromatic N) is 1. The molecule has 0 unspecified atom stereocenters. The number of halogens is 1. The number of aryl methyl sites for hydroxylation is 2. The van der Waals surface area contributed by atoms with Crippen molar-refractivity contribution in [2.75, 3.05) is 13.7 Å². The second-order valence-corrected chi connectivity index (χ2v) is 6.04. The highest BCUT2D eigenvalue weighted by atomic mass is 35.5. The number of carbonyl (C=O) groups is 1. The number of methoxy groups -OCH3 is 1. The van der Waals surface area contributed by atoms with Gasteiger partial charge >= 0.3 is 0 Å². The highest BCUT2D eigenvalue weighted by Gasteiger charge is 2.08. The maximum Gasteiger partial charge on any atom is 0.277 e. The molecular formula is C19H21ClN2O3. The first kappa shape index (κ1) is 18.8. The van der Waals surface area contributed by atoms with E-state index in [2.05, 4.69) is 10.5 Å². The summed E-state index contributed by atoms with van der Waals surface area (Å²) < 4.78 is 10.7. The smallest absolute Gasteiger partial charge is 0.277 e. The summed E-state index contributed by atoms with van der Waals surface area (Å²) in [6.45, 7) is 5.82. The lowest BCUT2D eigenvalue weighted by molar-refractivity contribution is -0.123. The zero-order valence-electron chi connectivity index (χ0n) is 14.7. The van der Waals surface area contributed by atoms with Crippen LogP contribution >= 0.6 is 11.6 Å². The molecule has 0 heterocycles. The molecule has 0 saturated carbocycles. The molecule has 0 spiro atoms. The number of ether oxygens (including phenoxy) is 2. The molecule has 0 fully saturated rings. The molecule has 0 aromatic heterocycles. The van der Waals surface area contributed by atoms with Crippen molar-refractivity contribution in [2.24, 2.45) is 5.10 Å². The van der Waals surface area contributed by atoms with Gasteiger partial charge in [-0.05, 0) is 61.2 Å². The molecule has 2 aromatic rings. The summed E-state index contributed by atoms with van der Waals surface area (Å²) in [4.78, 5) is 11.9. The van der Waals surface area contributed by atoms with E-state index in [1.807, 2.05) is 32.9 Å². The van der Waals surface area contributed by atoms with Gasteiger partial charge in [0.1, 0.15) is 11.5 Å². The first-order valence-corrected chi connectivity index (χ1v) is 8.15. The number of nitrogens with one attached hydrogen (secondary N) is 1. The SMILES string of the molecule is COc1ccc(/C=N/NC(=O)COc2c(C)ccc(C)c2C)cc1Cl. The van der Waals surface area contributed by atoms with Gasteiger partial charge in [0.15, 0.2) is 6.61 Å². The van der Waals surface area contributed by atoms with Crippen molar-refractivity contribution in [3.63, 3.8) is 0 Å². The minimum atomic E-state index is -0.337. The van der Waals surface area contributed by atoms with Crippen molar-refractivity contribution in [3.05, 3.63) is 57.6 Å². The summed E-state index contributed by atoms with van der Waals surface area (Å²) in [6.07, 6.45) is 1.51. The lowest BCUT2D eigenvalue weighted by Crippen LogP contribution is -2.25. The van der Waals surface area contributed by atoms with Crippen molar-refractivity contribution < 1.29 is 14.3 Å². The van der Waals surface area contributed by atoms with Gasteiger partial charge in [0.2, 0.25) is 0 Å². The van der Waals surface area contributed by atoms with Crippen LogP contribution in [-0.4, -0.2) is 25.8 Å². The molecule has 2 rings (SSSR count). The Labute approximate surface area is 152 Å². The van der Waals surface area contributed by atoms with Gasteiger partial charge in [0, 0.05) is 0 Å². The van der Waals surface area contributed by atoms with Crippen LogP contribution in [0, 0.1) is 20.8 Å². The topological polar surface area (TPSA) is 59.9 Å². The van der Waals surface area contributed by atoms with Gasteiger partial charge in [-0.1, -0.05) is 23.7 Å². The van der Waals surface area contributed by atoms with Crippen LogP contribution in [0.4, 0.5) is 0 Å². The van der Waals surface area contributed by atoms with E-state index >= 15 is 0 Å². The maximum absolute atomic E-state index is 11.9. The number of hydrogen-bond acceptors (Lipinski definition) is 4. The highest BCUT2D eigenvalue weighted by molar-refractivity contribution is 6.32. The summed E-state index contributed by atoms with van der Waals surface area (Å²) in [5, 5.41) is 4.39. The molecule has 1 N–H and O–H groups in total. The molecule has 0 radical (unpaired) electrons. The number of rotatable bonds is 6. The quantitative estimate of drug-likeness (QED) is 0.629. The first-order valence-electron chi connectivity index (χ1n) is 7.77. The fraction of sp³-hybridized carbons (Fsp3) is 0.263. The zero-order valence-corrected chi connectivity index (χ0v) is 15.5. The van der Waals surface area contributed by atoms with E-state index in [0.29, 0.717) is 10.8 Å². The Balaban J connectivity index is 1.91. The average molecular weight is 361 g/mol. The van der Waals surface area contributed by atoms with Gasteiger partial charge in [-0.2, -0.15) is 5.10 Å².